The van der Waals surface area contributed by atoms with Gasteiger partial charge in [0.05, 0.1) is 12.2 Å². The van der Waals surface area contributed by atoms with Crippen molar-refractivity contribution in [3.05, 3.63) is 34.8 Å². The number of oxazole rings is 1. The molecule has 0 bridgehead atoms. The van der Waals surface area contributed by atoms with Crippen LogP contribution in [-0.4, -0.2) is 51.7 Å². The van der Waals surface area contributed by atoms with Gasteiger partial charge in [-0.15, -0.1) is 0 Å². The fourth-order valence-electron chi connectivity index (χ4n) is 3.87. The van der Waals surface area contributed by atoms with Gasteiger partial charge in [-0.1, -0.05) is 12.1 Å². The van der Waals surface area contributed by atoms with Crippen LogP contribution >= 0.6 is 0 Å². The molecule has 7 nitrogen and oxygen atoms in total. The number of piperidine rings is 1. The number of para-hydroxylation sites is 2. The summed E-state index contributed by atoms with van der Waals surface area (Å²) in [5, 5.41) is 0. The molecule has 0 saturated carbocycles. The number of ether oxygens (including phenoxy) is 1. The summed E-state index contributed by atoms with van der Waals surface area (Å²) in [5.74, 6) is 0.0124. The molecule has 29 heavy (non-hydrogen) atoms. The molecule has 3 rings (SSSR count). The number of carbonyl (C=O) groups is 1. The van der Waals surface area contributed by atoms with Crippen molar-refractivity contribution in [2.24, 2.45) is 5.92 Å². The van der Waals surface area contributed by atoms with Crippen LogP contribution in [0.25, 0.3) is 11.1 Å². The number of fused-ring (bicyclic) bond motifs is 1. The summed E-state index contributed by atoms with van der Waals surface area (Å²) in [6, 6.07) is 7.57. The van der Waals surface area contributed by atoms with Gasteiger partial charge in [0.2, 0.25) is 0 Å². The van der Waals surface area contributed by atoms with Crippen LogP contribution in [0.3, 0.4) is 0 Å². The Morgan fingerprint density at radius 1 is 1.31 bits per heavy atom. The first-order valence-electron chi connectivity index (χ1n) is 10.4. The fourth-order valence-corrected chi connectivity index (χ4v) is 3.87. The van der Waals surface area contributed by atoms with Gasteiger partial charge in [-0.2, -0.15) is 0 Å². The lowest BCUT2D eigenvalue weighted by Gasteiger charge is -2.37. The molecule has 7 heteroatoms. The summed E-state index contributed by atoms with van der Waals surface area (Å²) in [4.78, 5) is 29.0. The predicted octanol–water partition coefficient (Wildman–Crippen LogP) is 3.91. The number of rotatable bonds is 5. The Hall–Kier alpha value is -2.28. The third-order valence-corrected chi connectivity index (χ3v) is 5.22. The molecule has 1 aromatic carbocycles. The molecule has 160 valence electrons. The average molecular weight is 404 g/mol. The number of hydrogen-bond donors (Lipinski definition) is 0. The molecule has 0 unspecified atom stereocenters. The Labute approximate surface area is 172 Å². The molecule has 0 N–H and O–H groups in total. The highest BCUT2D eigenvalue weighted by Gasteiger charge is 2.29. The van der Waals surface area contributed by atoms with Crippen molar-refractivity contribution in [3.63, 3.8) is 0 Å². The van der Waals surface area contributed by atoms with Crippen LogP contribution in [0.2, 0.25) is 0 Å². The zero-order valence-electron chi connectivity index (χ0n) is 18.2. The van der Waals surface area contributed by atoms with E-state index < -0.39 is 5.60 Å². The molecule has 1 aromatic heterocycles. The molecule has 1 atom stereocenters. The smallest absolute Gasteiger partial charge is 0.421 e. The molecule has 2 aromatic rings. The molecule has 0 radical (unpaired) electrons. The van der Waals surface area contributed by atoms with E-state index in [1.54, 1.807) is 4.57 Å². The number of aromatic nitrogens is 1. The van der Waals surface area contributed by atoms with Gasteiger partial charge in [-0.05, 0) is 72.1 Å². The summed E-state index contributed by atoms with van der Waals surface area (Å²) in [7, 11) is 0. The molecule has 1 aliphatic rings. The van der Waals surface area contributed by atoms with Crippen LogP contribution in [0.15, 0.2) is 33.5 Å². The molecule has 1 aliphatic heterocycles. The minimum Gasteiger partial charge on any atom is -0.444 e. The molecule has 2 heterocycles. The van der Waals surface area contributed by atoms with Crippen molar-refractivity contribution in [1.82, 2.24) is 14.4 Å². The number of benzene rings is 1. The van der Waals surface area contributed by atoms with Gasteiger partial charge in [-0.3, -0.25) is 9.47 Å². The van der Waals surface area contributed by atoms with Crippen molar-refractivity contribution in [3.8, 4) is 0 Å². The topological polar surface area (TPSA) is 67.9 Å². The second kappa shape index (κ2) is 8.61. The molecule has 0 aliphatic carbocycles. The van der Waals surface area contributed by atoms with Crippen LogP contribution in [0.1, 0.15) is 47.5 Å². The number of likely N-dealkylation sites (tertiary alicyclic amines) is 1. The van der Waals surface area contributed by atoms with E-state index in [4.69, 9.17) is 9.15 Å². The van der Waals surface area contributed by atoms with Crippen molar-refractivity contribution in [2.45, 2.75) is 65.8 Å². The van der Waals surface area contributed by atoms with Gasteiger partial charge >= 0.3 is 11.8 Å². The van der Waals surface area contributed by atoms with Crippen molar-refractivity contribution in [1.29, 1.82) is 0 Å². The summed E-state index contributed by atoms with van der Waals surface area (Å²) < 4.78 is 12.6. The second-order valence-electron chi connectivity index (χ2n) is 9.22. The van der Waals surface area contributed by atoms with Crippen LogP contribution in [0, 0.1) is 5.92 Å². The maximum atomic E-state index is 12.6. The van der Waals surface area contributed by atoms with Crippen LogP contribution in [0.4, 0.5) is 4.79 Å². The number of nitrogens with zero attached hydrogens (tertiary/aromatic N) is 3. The normalized spacial score (nSPS) is 18.3. The fraction of sp³-hybridized carbons (Fsp3) is 0.636. The van der Waals surface area contributed by atoms with Gasteiger partial charge < -0.3 is 14.1 Å². The summed E-state index contributed by atoms with van der Waals surface area (Å²) in [6.07, 6.45) is 1.83. The largest absolute Gasteiger partial charge is 0.444 e. The Morgan fingerprint density at radius 2 is 2.03 bits per heavy atom. The van der Waals surface area contributed by atoms with Gasteiger partial charge in [0.1, 0.15) is 5.60 Å². The SMILES string of the molecule is CC(C)N(C[C@H]1CCCN(Cn2c(=O)oc3ccccc32)C1)C(=O)OC(C)(C)C. The average Bonchev–Trinajstić information content (AvgIpc) is 2.94. The Balaban J connectivity index is 1.67. The zero-order chi connectivity index (χ0) is 21.2. The van der Waals surface area contributed by atoms with E-state index >= 15 is 0 Å². The van der Waals surface area contributed by atoms with E-state index in [-0.39, 0.29) is 17.9 Å². The molecule has 1 amide bonds. The lowest BCUT2D eigenvalue weighted by atomic mass is 9.97. The highest BCUT2D eigenvalue weighted by atomic mass is 16.6. The van der Waals surface area contributed by atoms with E-state index in [2.05, 4.69) is 4.90 Å². The van der Waals surface area contributed by atoms with Crippen molar-refractivity contribution >= 4 is 17.2 Å². The Morgan fingerprint density at radius 3 is 2.72 bits per heavy atom. The van der Waals surface area contributed by atoms with Crippen LogP contribution in [0.5, 0.6) is 0 Å². The second-order valence-corrected chi connectivity index (χ2v) is 9.22. The first-order chi connectivity index (χ1) is 13.6. The Bertz CT molecular complexity index is 893. The summed E-state index contributed by atoms with van der Waals surface area (Å²) >= 11 is 0. The Kier molecular flexibility index (Phi) is 6.36. The van der Waals surface area contributed by atoms with Crippen molar-refractivity contribution < 1.29 is 13.9 Å². The van der Waals surface area contributed by atoms with Gasteiger partial charge in [0.15, 0.2) is 5.58 Å². The molecule has 1 fully saturated rings. The standard InChI is InChI=1S/C22H33N3O4/c1-16(2)24(21(27)29-22(3,4)5)14-17-9-8-12-23(13-17)15-25-18-10-6-7-11-19(18)28-20(25)26/h6-7,10-11,16-17H,8-9,12-15H2,1-5H3/t17-/m0/s1. The van der Waals surface area contributed by atoms with Gasteiger partial charge in [0.25, 0.3) is 0 Å². The maximum absolute atomic E-state index is 12.6. The minimum atomic E-state index is -0.508. The van der Waals surface area contributed by atoms with Gasteiger partial charge in [-0.25, -0.2) is 9.59 Å². The van der Waals surface area contributed by atoms with E-state index in [1.807, 2.05) is 63.8 Å². The van der Waals surface area contributed by atoms with Crippen molar-refractivity contribution in [2.75, 3.05) is 19.6 Å². The first-order valence-corrected chi connectivity index (χ1v) is 10.4. The monoisotopic (exact) mass is 403 g/mol. The summed E-state index contributed by atoms with van der Waals surface area (Å²) in [6.45, 7) is 12.6. The maximum Gasteiger partial charge on any atom is 0.421 e. The van der Waals surface area contributed by atoms with E-state index in [0.717, 1.165) is 31.4 Å². The molecule has 0 spiro atoms. The van der Waals surface area contributed by atoms with E-state index in [1.165, 1.54) is 0 Å². The molecule has 1 saturated heterocycles. The summed E-state index contributed by atoms with van der Waals surface area (Å²) in [5.41, 5.74) is 0.922. The minimum absolute atomic E-state index is 0.0701. The number of hydrogen-bond acceptors (Lipinski definition) is 5. The van der Waals surface area contributed by atoms with Crippen LogP contribution in [-0.2, 0) is 11.4 Å². The van der Waals surface area contributed by atoms with Crippen LogP contribution < -0.4 is 5.76 Å². The third kappa shape index (κ3) is 5.41. The first kappa shape index (κ1) is 21.4. The molecular formula is C22H33N3O4. The highest BCUT2D eigenvalue weighted by Crippen LogP contribution is 2.22. The molecular weight excluding hydrogens is 370 g/mol. The number of amides is 1. The lowest BCUT2D eigenvalue weighted by Crippen LogP contribution is -2.47. The van der Waals surface area contributed by atoms with E-state index in [0.29, 0.717) is 24.7 Å². The predicted molar refractivity (Wildman–Crippen MR) is 113 cm³/mol. The lowest BCUT2D eigenvalue weighted by molar-refractivity contribution is 0.0110. The van der Waals surface area contributed by atoms with E-state index in [9.17, 15) is 9.59 Å². The number of carbonyl (C=O) groups excluding carboxylic acids is 1. The zero-order valence-corrected chi connectivity index (χ0v) is 18.2. The quantitative estimate of drug-likeness (QED) is 0.757. The van der Waals surface area contributed by atoms with Gasteiger partial charge in [0, 0.05) is 19.1 Å². The third-order valence-electron chi connectivity index (χ3n) is 5.22. The highest BCUT2D eigenvalue weighted by molar-refractivity contribution is 5.72.